The Hall–Kier alpha value is -2.49. The number of hydrogen-bond acceptors (Lipinski definition) is 3. The van der Waals surface area contributed by atoms with Gasteiger partial charge in [0.1, 0.15) is 0 Å². The van der Waals surface area contributed by atoms with E-state index in [0.29, 0.717) is 17.9 Å². The van der Waals surface area contributed by atoms with Crippen LogP contribution in [0, 0.1) is 0 Å². The van der Waals surface area contributed by atoms with Crippen LogP contribution in [0.25, 0.3) is 11.1 Å². The standard InChI is InChI=1S/C17H18O4/c1-20-15-8-7-14(11-16(15)21-2)13-5-3-4-12(10-13)6-9-17(18)19/h3-5,7-8,10-11H,6,9H2,1-2H3,(H,18,19). The van der Waals surface area contributed by atoms with E-state index in [1.165, 1.54) is 0 Å². The number of carboxylic acid groups (broad SMARTS) is 1. The van der Waals surface area contributed by atoms with Crippen LogP contribution in [-0.4, -0.2) is 25.3 Å². The van der Waals surface area contributed by atoms with Crippen LogP contribution >= 0.6 is 0 Å². The maximum Gasteiger partial charge on any atom is 0.303 e. The van der Waals surface area contributed by atoms with Gasteiger partial charge in [-0.1, -0.05) is 30.3 Å². The Morgan fingerprint density at radius 2 is 1.71 bits per heavy atom. The summed E-state index contributed by atoms with van der Waals surface area (Å²) in [4.78, 5) is 10.7. The Labute approximate surface area is 123 Å². The first-order chi connectivity index (χ1) is 10.1. The molecule has 110 valence electrons. The van der Waals surface area contributed by atoms with Crippen molar-refractivity contribution >= 4 is 5.97 Å². The molecule has 0 radical (unpaired) electrons. The highest BCUT2D eigenvalue weighted by molar-refractivity contribution is 5.69. The molecule has 0 amide bonds. The molecule has 0 bridgehead atoms. The Morgan fingerprint density at radius 1 is 1.00 bits per heavy atom. The van der Waals surface area contributed by atoms with Gasteiger partial charge in [0.25, 0.3) is 0 Å². The van der Waals surface area contributed by atoms with E-state index >= 15 is 0 Å². The minimum atomic E-state index is -0.786. The van der Waals surface area contributed by atoms with Crippen LogP contribution in [0.1, 0.15) is 12.0 Å². The molecule has 4 nitrogen and oxygen atoms in total. The van der Waals surface area contributed by atoms with Crippen molar-refractivity contribution in [3.63, 3.8) is 0 Å². The maximum atomic E-state index is 10.7. The molecular weight excluding hydrogens is 268 g/mol. The zero-order chi connectivity index (χ0) is 15.2. The van der Waals surface area contributed by atoms with E-state index in [0.717, 1.165) is 16.7 Å². The van der Waals surface area contributed by atoms with E-state index in [-0.39, 0.29) is 6.42 Å². The number of carbonyl (C=O) groups is 1. The first-order valence-corrected chi connectivity index (χ1v) is 6.67. The second-order valence-electron chi connectivity index (χ2n) is 4.66. The fourth-order valence-corrected chi connectivity index (χ4v) is 2.17. The average molecular weight is 286 g/mol. The van der Waals surface area contributed by atoms with Crippen molar-refractivity contribution in [2.75, 3.05) is 14.2 Å². The van der Waals surface area contributed by atoms with Crippen LogP contribution in [0.4, 0.5) is 0 Å². The molecule has 0 aliphatic rings. The van der Waals surface area contributed by atoms with Crippen LogP contribution in [0.2, 0.25) is 0 Å². The minimum absolute atomic E-state index is 0.134. The van der Waals surface area contributed by atoms with Crippen LogP contribution < -0.4 is 9.47 Å². The second-order valence-corrected chi connectivity index (χ2v) is 4.66. The molecule has 4 heteroatoms. The largest absolute Gasteiger partial charge is 0.493 e. The van der Waals surface area contributed by atoms with Crippen LogP contribution in [0.5, 0.6) is 11.5 Å². The molecular formula is C17H18O4. The number of aliphatic carboxylic acids is 1. The predicted molar refractivity (Wildman–Crippen MR) is 80.9 cm³/mol. The lowest BCUT2D eigenvalue weighted by Gasteiger charge is -2.10. The monoisotopic (exact) mass is 286 g/mol. The average Bonchev–Trinajstić information content (AvgIpc) is 2.52. The highest BCUT2D eigenvalue weighted by Gasteiger charge is 2.07. The van der Waals surface area contributed by atoms with E-state index < -0.39 is 5.97 Å². The van der Waals surface area contributed by atoms with Gasteiger partial charge in [0.2, 0.25) is 0 Å². The lowest BCUT2D eigenvalue weighted by Crippen LogP contribution is -1.97. The molecule has 21 heavy (non-hydrogen) atoms. The SMILES string of the molecule is COc1ccc(-c2cccc(CCC(=O)O)c2)cc1OC. The molecule has 0 saturated carbocycles. The molecule has 0 saturated heterocycles. The Bertz CT molecular complexity index is 634. The quantitative estimate of drug-likeness (QED) is 0.884. The van der Waals surface area contributed by atoms with Crippen LogP contribution in [0.15, 0.2) is 42.5 Å². The highest BCUT2D eigenvalue weighted by Crippen LogP contribution is 2.32. The van der Waals surface area contributed by atoms with Crippen molar-refractivity contribution < 1.29 is 19.4 Å². The molecule has 2 rings (SSSR count). The summed E-state index contributed by atoms with van der Waals surface area (Å²) < 4.78 is 10.5. The number of aryl methyl sites for hydroxylation is 1. The van der Waals surface area contributed by atoms with Crippen molar-refractivity contribution in [3.05, 3.63) is 48.0 Å². The van der Waals surface area contributed by atoms with Gasteiger partial charge in [-0.05, 0) is 35.2 Å². The third kappa shape index (κ3) is 3.75. The molecule has 0 unspecified atom stereocenters. The number of carboxylic acids is 1. The summed E-state index contributed by atoms with van der Waals surface area (Å²) in [7, 11) is 3.20. The first kappa shape index (κ1) is 14.9. The molecule has 0 fully saturated rings. The Kier molecular flexibility index (Phi) is 4.82. The molecule has 2 aromatic rings. The van der Waals surface area contributed by atoms with E-state index in [9.17, 15) is 4.79 Å². The number of hydrogen-bond donors (Lipinski definition) is 1. The number of methoxy groups -OCH3 is 2. The molecule has 0 aliphatic heterocycles. The van der Waals surface area contributed by atoms with Crippen LogP contribution in [-0.2, 0) is 11.2 Å². The van der Waals surface area contributed by atoms with Crippen LogP contribution in [0.3, 0.4) is 0 Å². The van der Waals surface area contributed by atoms with Gasteiger partial charge in [-0.2, -0.15) is 0 Å². The third-order valence-corrected chi connectivity index (χ3v) is 3.27. The van der Waals surface area contributed by atoms with Crippen molar-refractivity contribution in [2.45, 2.75) is 12.8 Å². The molecule has 0 spiro atoms. The highest BCUT2D eigenvalue weighted by atomic mass is 16.5. The van der Waals surface area contributed by atoms with Crippen molar-refractivity contribution in [3.8, 4) is 22.6 Å². The summed E-state index contributed by atoms with van der Waals surface area (Å²) in [6, 6.07) is 13.6. The number of ether oxygens (including phenoxy) is 2. The van der Waals surface area contributed by atoms with E-state index in [1.807, 2.05) is 42.5 Å². The third-order valence-electron chi connectivity index (χ3n) is 3.27. The molecule has 2 aromatic carbocycles. The second kappa shape index (κ2) is 6.79. The van der Waals surface area contributed by atoms with Gasteiger partial charge in [-0.15, -0.1) is 0 Å². The van der Waals surface area contributed by atoms with Crippen molar-refractivity contribution in [1.29, 1.82) is 0 Å². The first-order valence-electron chi connectivity index (χ1n) is 6.67. The maximum absolute atomic E-state index is 10.7. The summed E-state index contributed by atoms with van der Waals surface area (Å²) in [6.45, 7) is 0. The van der Waals surface area contributed by atoms with Crippen molar-refractivity contribution in [1.82, 2.24) is 0 Å². The Balaban J connectivity index is 2.29. The van der Waals surface area contributed by atoms with E-state index in [2.05, 4.69) is 0 Å². The smallest absolute Gasteiger partial charge is 0.303 e. The molecule has 0 aliphatic carbocycles. The van der Waals surface area contributed by atoms with Gasteiger partial charge in [-0.25, -0.2) is 0 Å². The van der Waals surface area contributed by atoms with Gasteiger partial charge in [0.05, 0.1) is 14.2 Å². The van der Waals surface area contributed by atoms with Gasteiger partial charge >= 0.3 is 5.97 Å². The summed E-state index contributed by atoms with van der Waals surface area (Å²) in [5.74, 6) is 0.570. The van der Waals surface area contributed by atoms with Gasteiger partial charge in [0.15, 0.2) is 11.5 Å². The molecule has 1 N–H and O–H groups in total. The zero-order valence-electron chi connectivity index (χ0n) is 12.1. The van der Waals surface area contributed by atoms with E-state index in [1.54, 1.807) is 14.2 Å². The number of benzene rings is 2. The minimum Gasteiger partial charge on any atom is -0.493 e. The van der Waals surface area contributed by atoms with Gasteiger partial charge in [-0.3, -0.25) is 4.79 Å². The lowest BCUT2D eigenvalue weighted by atomic mass is 10.0. The summed E-state index contributed by atoms with van der Waals surface area (Å²) in [6.07, 6.45) is 0.659. The summed E-state index contributed by atoms with van der Waals surface area (Å²) in [5.41, 5.74) is 3.04. The van der Waals surface area contributed by atoms with E-state index in [4.69, 9.17) is 14.6 Å². The zero-order valence-corrected chi connectivity index (χ0v) is 12.1. The molecule has 0 aromatic heterocycles. The normalized spacial score (nSPS) is 10.2. The topological polar surface area (TPSA) is 55.8 Å². The number of rotatable bonds is 6. The lowest BCUT2D eigenvalue weighted by molar-refractivity contribution is -0.136. The molecule has 0 atom stereocenters. The fraction of sp³-hybridized carbons (Fsp3) is 0.235. The van der Waals surface area contributed by atoms with Crippen molar-refractivity contribution in [2.24, 2.45) is 0 Å². The molecule has 0 heterocycles. The summed E-state index contributed by atoms with van der Waals surface area (Å²) in [5, 5.41) is 8.76. The van der Waals surface area contributed by atoms with Gasteiger partial charge in [0, 0.05) is 6.42 Å². The summed E-state index contributed by atoms with van der Waals surface area (Å²) >= 11 is 0. The Morgan fingerprint density at radius 3 is 2.38 bits per heavy atom. The predicted octanol–water partition coefficient (Wildman–Crippen LogP) is 3.39. The fourth-order valence-electron chi connectivity index (χ4n) is 2.17. The van der Waals surface area contributed by atoms with Gasteiger partial charge < -0.3 is 14.6 Å².